The van der Waals surface area contributed by atoms with Crippen molar-refractivity contribution in [1.29, 1.82) is 0 Å². The molecule has 0 spiro atoms. The zero-order valence-corrected chi connectivity index (χ0v) is 13.4. The lowest BCUT2D eigenvalue weighted by Gasteiger charge is -2.21. The number of aromatic amines is 1. The number of carbonyl (C=O) groups is 1. The van der Waals surface area contributed by atoms with Crippen LogP contribution in [0.1, 0.15) is 16.7 Å². The minimum atomic E-state index is -0.706. The number of carbonyl (C=O) groups excluding carboxylic acids is 1. The Morgan fingerprint density at radius 3 is 2.57 bits per heavy atom. The highest BCUT2D eigenvalue weighted by Crippen LogP contribution is 2.37. The Morgan fingerprint density at radius 1 is 1.14 bits per heavy atom. The van der Waals surface area contributed by atoms with E-state index in [0.29, 0.717) is 6.42 Å². The van der Waals surface area contributed by atoms with Crippen LogP contribution < -0.4 is 0 Å². The van der Waals surface area contributed by atoms with Crippen LogP contribution in [-0.4, -0.2) is 11.3 Å². The van der Waals surface area contributed by atoms with Gasteiger partial charge in [0.1, 0.15) is 10.6 Å². The van der Waals surface area contributed by atoms with Crippen LogP contribution in [0, 0.1) is 6.92 Å². The average Bonchev–Trinajstić information content (AvgIpc) is 2.94. The fraction of sp³-hybridized carbons (Fsp3) is 0.167. The second-order valence-electron chi connectivity index (χ2n) is 5.39. The third-order valence-electron chi connectivity index (χ3n) is 3.81. The average molecular weight is 342 g/mol. The molecule has 1 N–H and O–H groups in total. The van der Waals surface area contributed by atoms with Crippen LogP contribution in [0.15, 0.2) is 54.7 Å². The van der Waals surface area contributed by atoms with Crippen LogP contribution in [0.5, 0.6) is 0 Å². The maximum absolute atomic E-state index is 11.8. The van der Waals surface area contributed by atoms with Gasteiger partial charge in [0.2, 0.25) is 0 Å². The molecule has 0 aliphatic carbocycles. The molecular weight excluding hydrogens is 326 g/mol. The molecule has 1 atom stereocenters. The molecule has 0 amide bonds. The van der Waals surface area contributed by atoms with E-state index in [1.165, 1.54) is 5.56 Å². The molecule has 3 aromatic rings. The first kappa shape index (κ1) is 14.1. The van der Waals surface area contributed by atoms with E-state index in [9.17, 15) is 4.79 Å². The normalized spacial score (nSPS) is 14.0. The number of aryl methyl sites for hydroxylation is 1. The number of fused-ring (bicyclic) bond motifs is 1. The molecule has 106 valence electrons. The smallest absolute Gasteiger partial charge is 0.141 e. The number of nitrogens with one attached hydrogen (secondary N) is 1. The molecule has 0 saturated heterocycles. The maximum atomic E-state index is 11.8. The molecule has 1 heterocycles. The Kier molecular flexibility index (Phi) is 3.68. The molecule has 0 aliphatic rings. The van der Waals surface area contributed by atoms with Crippen molar-refractivity contribution >= 4 is 33.1 Å². The van der Waals surface area contributed by atoms with Gasteiger partial charge in [0.15, 0.2) is 0 Å². The van der Waals surface area contributed by atoms with Gasteiger partial charge in [0.25, 0.3) is 0 Å². The van der Waals surface area contributed by atoms with Crippen LogP contribution in [0.4, 0.5) is 0 Å². The number of benzene rings is 2. The molecule has 0 aliphatic heterocycles. The molecule has 3 heteroatoms. The number of para-hydroxylation sites is 1. The van der Waals surface area contributed by atoms with Gasteiger partial charge in [-0.25, -0.2) is 0 Å². The lowest BCUT2D eigenvalue weighted by Crippen LogP contribution is -2.22. The Labute approximate surface area is 132 Å². The van der Waals surface area contributed by atoms with Gasteiger partial charge in [-0.05, 0) is 25.0 Å². The Bertz CT molecular complexity index is 775. The quantitative estimate of drug-likeness (QED) is 0.549. The number of alkyl halides is 1. The summed E-state index contributed by atoms with van der Waals surface area (Å²) in [5.74, 6) is 0. The van der Waals surface area contributed by atoms with Gasteiger partial charge in [-0.3, -0.25) is 0 Å². The number of H-pyrrole nitrogens is 1. The molecule has 2 aromatic carbocycles. The second-order valence-corrected chi connectivity index (χ2v) is 6.81. The van der Waals surface area contributed by atoms with Crippen LogP contribution in [0.25, 0.3) is 10.9 Å². The van der Waals surface area contributed by atoms with E-state index in [1.807, 2.05) is 30.5 Å². The van der Waals surface area contributed by atoms with Gasteiger partial charge in [0.05, 0.1) is 0 Å². The maximum Gasteiger partial charge on any atom is 0.141 e. The highest BCUT2D eigenvalue weighted by atomic mass is 79.9. The Morgan fingerprint density at radius 2 is 1.86 bits per heavy atom. The van der Waals surface area contributed by atoms with Gasteiger partial charge in [0, 0.05) is 22.7 Å². The molecule has 0 radical (unpaired) electrons. The molecule has 1 aromatic heterocycles. The van der Waals surface area contributed by atoms with E-state index in [0.717, 1.165) is 28.3 Å². The molecule has 3 rings (SSSR count). The fourth-order valence-corrected chi connectivity index (χ4v) is 3.27. The van der Waals surface area contributed by atoms with Crippen molar-refractivity contribution < 1.29 is 4.79 Å². The molecule has 0 bridgehead atoms. The summed E-state index contributed by atoms with van der Waals surface area (Å²) in [5.41, 5.74) is 4.38. The van der Waals surface area contributed by atoms with E-state index in [1.54, 1.807) is 0 Å². The fourth-order valence-electron chi connectivity index (χ4n) is 2.62. The predicted molar refractivity (Wildman–Crippen MR) is 89.9 cm³/mol. The van der Waals surface area contributed by atoms with Crippen LogP contribution in [0.3, 0.4) is 0 Å². The van der Waals surface area contributed by atoms with E-state index in [2.05, 4.69) is 52.1 Å². The SMILES string of the molecule is Cc1ccc(CC(Br)(C=O)c2c[nH]c3ccccc23)cc1. The first-order valence-electron chi connectivity index (χ1n) is 6.90. The standard InChI is InChI=1S/C18H16BrNO/c1-13-6-8-14(9-7-13)10-18(19,12-21)16-11-20-17-5-3-2-4-15(16)17/h2-9,11-12,20H,10H2,1H3. The zero-order valence-electron chi connectivity index (χ0n) is 11.8. The largest absolute Gasteiger partial charge is 0.361 e. The van der Waals surface area contributed by atoms with Crippen LogP contribution in [-0.2, 0) is 15.5 Å². The lowest BCUT2D eigenvalue weighted by atomic mass is 9.92. The number of aromatic nitrogens is 1. The van der Waals surface area contributed by atoms with E-state index < -0.39 is 4.32 Å². The van der Waals surface area contributed by atoms with Gasteiger partial charge in [-0.1, -0.05) is 64.0 Å². The number of hydrogen-bond acceptors (Lipinski definition) is 1. The van der Waals surface area contributed by atoms with Crippen molar-refractivity contribution in [2.45, 2.75) is 17.7 Å². The summed E-state index contributed by atoms with van der Waals surface area (Å²) in [5, 5.41) is 1.08. The molecule has 0 fully saturated rings. The summed E-state index contributed by atoms with van der Waals surface area (Å²) in [6.07, 6.45) is 3.53. The van der Waals surface area contributed by atoms with Crippen LogP contribution in [0.2, 0.25) is 0 Å². The Balaban J connectivity index is 2.03. The van der Waals surface area contributed by atoms with E-state index in [4.69, 9.17) is 0 Å². The van der Waals surface area contributed by atoms with Crippen molar-refractivity contribution in [3.8, 4) is 0 Å². The summed E-state index contributed by atoms with van der Waals surface area (Å²) in [6.45, 7) is 2.06. The third-order valence-corrected chi connectivity index (χ3v) is 4.70. The summed E-state index contributed by atoms with van der Waals surface area (Å²) in [6, 6.07) is 16.3. The topological polar surface area (TPSA) is 32.9 Å². The van der Waals surface area contributed by atoms with Crippen molar-refractivity contribution in [3.63, 3.8) is 0 Å². The molecule has 0 saturated carbocycles. The van der Waals surface area contributed by atoms with E-state index in [-0.39, 0.29) is 0 Å². The van der Waals surface area contributed by atoms with Gasteiger partial charge in [-0.2, -0.15) is 0 Å². The summed E-state index contributed by atoms with van der Waals surface area (Å²) in [4.78, 5) is 15.0. The van der Waals surface area contributed by atoms with Crippen molar-refractivity contribution in [2.75, 3.05) is 0 Å². The van der Waals surface area contributed by atoms with Gasteiger partial charge < -0.3 is 9.78 Å². The molecule has 1 unspecified atom stereocenters. The minimum Gasteiger partial charge on any atom is -0.361 e. The lowest BCUT2D eigenvalue weighted by molar-refractivity contribution is -0.109. The monoisotopic (exact) mass is 341 g/mol. The summed E-state index contributed by atoms with van der Waals surface area (Å²) in [7, 11) is 0. The minimum absolute atomic E-state index is 0.624. The molecule has 21 heavy (non-hydrogen) atoms. The highest BCUT2D eigenvalue weighted by Gasteiger charge is 2.31. The highest BCUT2D eigenvalue weighted by molar-refractivity contribution is 9.10. The Hall–Kier alpha value is -1.87. The summed E-state index contributed by atoms with van der Waals surface area (Å²) < 4.78 is -0.706. The van der Waals surface area contributed by atoms with Gasteiger partial charge in [-0.15, -0.1) is 0 Å². The zero-order chi connectivity index (χ0) is 14.9. The molecule has 2 nitrogen and oxygen atoms in total. The van der Waals surface area contributed by atoms with Crippen molar-refractivity contribution in [1.82, 2.24) is 4.98 Å². The number of rotatable bonds is 4. The first-order valence-corrected chi connectivity index (χ1v) is 7.69. The number of halogens is 1. The van der Waals surface area contributed by atoms with E-state index >= 15 is 0 Å². The van der Waals surface area contributed by atoms with Crippen LogP contribution >= 0.6 is 15.9 Å². The first-order chi connectivity index (χ1) is 10.1. The predicted octanol–water partition coefficient (Wildman–Crippen LogP) is 4.51. The van der Waals surface area contributed by atoms with Crippen molar-refractivity contribution in [2.24, 2.45) is 0 Å². The summed E-state index contributed by atoms with van der Waals surface area (Å²) >= 11 is 3.66. The molecular formula is C18H16BrNO. The number of aldehydes is 1. The number of hydrogen-bond donors (Lipinski definition) is 1. The third kappa shape index (κ3) is 2.66. The second kappa shape index (κ2) is 5.49. The van der Waals surface area contributed by atoms with Gasteiger partial charge >= 0.3 is 0 Å². The van der Waals surface area contributed by atoms with Crippen molar-refractivity contribution in [3.05, 3.63) is 71.4 Å².